The lowest BCUT2D eigenvalue weighted by atomic mass is 10.3. The molecule has 130 valence electrons. The van der Waals surface area contributed by atoms with Gasteiger partial charge in [-0.2, -0.15) is 5.10 Å². The molecule has 3 aromatic heterocycles. The van der Waals surface area contributed by atoms with E-state index in [0.717, 1.165) is 25.9 Å². The monoisotopic (exact) mass is 382 g/mol. The molecule has 0 atom stereocenters. The van der Waals surface area contributed by atoms with Gasteiger partial charge in [0.2, 0.25) is 5.91 Å². The minimum absolute atomic E-state index is 0.213. The van der Waals surface area contributed by atoms with E-state index in [1.165, 1.54) is 17.6 Å². The molecule has 0 aliphatic rings. The molecule has 1 aromatic carbocycles. The van der Waals surface area contributed by atoms with E-state index in [1.807, 2.05) is 42.6 Å². The second-order valence-corrected chi connectivity index (χ2v) is 7.51. The molecule has 0 aliphatic carbocycles. The van der Waals surface area contributed by atoms with E-state index >= 15 is 0 Å². The minimum atomic E-state index is -0.214. The van der Waals surface area contributed by atoms with Crippen LogP contribution in [0.15, 0.2) is 51.3 Å². The molecule has 1 N–H and O–H groups in total. The van der Waals surface area contributed by atoms with Crippen molar-refractivity contribution < 1.29 is 9.21 Å². The van der Waals surface area contributed by atoms with Crippen LogP contribution in [0.4, 0.5) is 0 Å². The van der Waals surface area contributed by atoms with Gasteiger partial charge in [0, 0.05) is 11.1 Å². The first-order chi connectivity index (χ1) is 12.7. The van der Waals surface area contributed by atoms with Gasteiger partial charge in [-0.3, -0.25) is 4.79 Å². The van der Waals surface area contributed by atoms with Crippen molar-refractivity contribution in [2.24, 2.45) is 5.10 Å². The fourth-order valence-electron chi connectivity index (χ4n) is 2.34. The van der Waals surface area contributed by atoms with Crippen molar-refractivity contribution in [2.45, 2.75) is 13.3 Å². The molecule has 0 bridgehead atoms. The maximum Gasteiger partial charge on any atom is 0.246 e. The highest BCUT2D eigenvalue weighted by atomic mass is 32.1. The molecule has 0 unspecified atom stereocenters. The smallest absolute Gasteiger partial charge is 0.246 e. The Morgan fingerprint density at radius 1 is 1.27 bits per heavy atom. The van der Waals surface area contributed by atoms with Crippen molar-refractivity contribution in [2.75, 3.05) is 0 Å². The second kappa shape index (κ2) is 7.19. The van der Waals surface area contributed by atoms with Gasteiger partial charge in [-0.1, -0.05) is 12.1 Å². The Hall–Kier alpha value is -2.84. The average Bonchev–Trinajstić information content (AvgIpc) is 3.34. The number of fused-ring (bicyclic) bond motifs is 1. The summed E-state index contributed by atoms with van der Waals surface area (Å²) < 4.78 is 6.85. The Morgan fingerprint density at radius 2 is 2.15 bits per heavy atom. The van der Waals surface area contributed by atoms with Gasteiger partial charge in [-0.05, 0) is 31.2 Å². The summed E-state index contributed by atoms with van der Waals surface area (Å²) in [6.45, 7) is 1.90. The van der Waals surface area contributed by atoms with Gasteiger partial charge in [-0.15, -0.1) is 22.7 Å². The number of carbonyl (C=O) groups is 1. The van der Waals surface area contributed by atoms with E-state index in [9.17, 15) is 4.79 Å². The summed E-state index contributed by atoms with van der Waals surface area (Å²) in [4.78, 5) is 20.7. The number of aryl methyl sites for hydroxylation is 1. The molecule has 3 heterocycles. The number of hydrogen-bond acceptors (Lipinski definition) is 7. The van der Waals surface area contributed by atoms with E-state index in [4.69, 9.17) is 4.42 Å². The first-order valence-corrected chi connectivity index (χ1v) is 9.56. The number of hydrogen-bond donors (Lipinski definition) is 1. The number of furan rings is 1. The zero-order valence-corrected chi connectivity index (χ0v) is 15.4. The maximum absolute atomic E-state index is 11.8. The van der Waals surface area contributed by atoms with Gasteiger partial charge in [0.25, 0.3) is 0 Å². The predicted octanol–water partition coefficient (Wildman–Crippen LogP) is 4.01. The molecule has 1 amide bonds. The normalized spacial score (nSPS) is 11.4. The number of benzene rings is 1. The molecule has 0 saturated heterocycles. The quantitative estimate of drug-likeness (QED) is 0.418. The number of nitrogens with one attached hydrogen (secondary N) is 1. The predicted molar refractivity (Wildman–Crippen MR) is 104 cm³/mol. The first kappa shape index (κ1) is 16.6. The van der Waals surface area contributed by atoms with Crippen LogP contribution in [0.1, 0.15) is 16.5 Å². The van der Waals surface area contributed by atoms with E-state index in [0.29, 0.717) is 11.5 Å². The Morgan fingerprint density at radius 3 is 2.96 bits per heavy atom. The summed E-state index contributed by atoms with van der Waals surface area (Å²) in [6.07, 6.45) is 1.69. The first-order valence-electron chi connectivity index (χ1n) is 7.86. The van der Waals surface area contributed by atoms with Crippen LogP contribution in [-0.4, -0.2) is 22.1 Å². The van der Waals surface area contributed by atoms with E-state index in [1.54, 1.807) is 17.4 Å². The van der Waals surface area contributed by atoms with Crippen LogP contribution in [0.5, 0.6) is 0 Å². The van der Waals surface area contributed by atoms with Crippen LogP contribution in [0.25, 0.3) is 21.0 Å². The molecule has 0 saturated carbocycles. The van der Waals surface area contributed by atoms with Gasteiger partial charge in [-0.25, -0.2) is 15.4 Å². The van der Waals surface area contributed by atoms with Gasteiger partial charge in [0.15, 0.2) is 10.8 Å². The third-order valence-electron chi connectivity index (χ3n) is 3.49. The molecule has 8 heteroatoms. The van der Waals surface area contributed by atoms with Crippen LogP contribution in [0, 0.1) is 6.92 Å². The number of amides is 1. The molecular formula is C18H14N4O2S2. The van der Waals surface area contributed by atoms with Gasteiger partial charge < -0.3 is 4.42 Å². The lowest BCUT2D eigenvalue weighted by Crippen LogP contribution is -2.19. The minimum Gasteiger partial charge on any atom is -0.453 e. The van der Waals surface area contributed by atoms with E-state index < -0.39 is 0 Å². The molecule has 0 radical (unpaired) electrons. The van der Waals surface area contributed by atoms with Crippen LogP contribution < -0.4 is 5.43 Å². The topological polar surface area (TPSA) is 80.4 Å². The lowest BCUT2D eigenvalue weighted by Gasteiger charge is -1.95. The summed E-state index contributed by atoms with van der Waals surface area (Å²) >= 11 is 3.03. The van der Waals surface area contributed by atoms with Crippen molar-refractivity contribution in [3.63, 3.8) is 0 Å². The highest BCUT2D eigenvalue weighted by molar-refractivity contribution is 7.21. The van der Waals surface area contributed by atoms with Crippen molar-refractivity contribution in [3.05, 3.63) is 58.2 Å². The lowest BCUT2D eigenvalue weighted by molar-refractivity contribution is -0.120. The highest BCUT2D eigenvalue weighted by Gasteiger charge is 2.10. The van der Waals surface area contributed by atoms with Crippen molar-refractivity contribution >= 4 is 45.0 Å². The molecular weight excluding hydrogens is 368 g/mol. The van der Waals surface area contributed by atoms with Crippen molar-refractivity contribution in [1.82, 2.24) is 15.4 Å². The summed E-state index contributed by atoms with van der Waals surface area (Å²) in [6, 6.07) is 11.6. The van der Waals surface area contributed by atoms with Gasteiger partial charge in [0.1, 0.15) is 10.8 Å². The maximum atomic E-state index is 11.8. The number of nitrogens with zero attached hydrogens (tertiary/aromatic N) is 3. The molecule has 0 aliphatic heterocycles. The second-order valence-electron chi connectivity index (χ2n) is 5.54. The molecule has 26 heavy (non-hydrogen) atoms. The number of thiazole rings is 2. The number of carbonyl (C=O) groups excluding carboxylic acids is 1. The fraction of sp³-hybridized carbons (Fsp3) is 0.111. The molecule has 0 spiro atoms. The van der Waals surface area contributed by atoms with Crippen molar-refractivity contribution in [1.29, 1.82) is 0 Å². The molecule has 6 nitrogen and oxygen atoms in total. The summed E-state index contributed by atoms with van der Waals surface area (Å²) in [5.74, 6) is 1.01. The highest BCUT2D eigenvalue weighted by Crippen LogP contribution is 2.30. The van der Waals surface area contributed by atoms with E-state index in [-0.39, 0.29) is 12.3 Å². The zero-order valence-electron chi connectivity index (χ0n) is 13.8. The van der Waals surface area contributed by atoms with E-state index in [2.05, 4.69) is 20.5 Å². The number of para-hydroxylation sites is 1. The Labute approximate surface area is 157 Å². The third-order valence-corrected chi connectivity index (χ3v) is 5.51. The Balaban J connectivity index is 1.39. The van der Waals surface area contributed by atoms with Crippen LogP contribution in [-0.2, 0) is 11.2 Å². The number of aromatic nitrogens is 2. The standard InChI is InChI=1S/C18H14N4O2S2/c1-11-10-25-17(20-11)8-16(23)22-19-9-12-6-7-14(24-12)18-21-13-4-2-3-5-15(13)26-18/h2-7,9-10H,8H2,1H3,(H,22,23)/b19-9-. The summed E-state index contributed by atoms with van der Waals surface area (Å²) in [7, 11) is 0. The zero-order chi connectivity index (χ0) is 17.9. The Bertz CT molecular complexity index is 1060. The summed E-state index contributed by atoms with van der Waals surface area (Å²) in [5.41, 5.74) is 4.35. The number of rotatable bonds is 5. The Kier molecular flexibility index (Phi) is 4.59. The number of hydrazone groups is 1. The van der Waals surface area contributed by atoms with Crippen LogP contribution in [0.3, 0.4) is 0 Å². The van der Waals surface area contributed by atoms with Gasteiger partial charge >= 0.3 is 0 Å². The van der Waals surface area contributed by atoms with Crippen molar-refractivity contribution in [3.8, 4) is 10.8 Å². The summed E-state index contributed by atoms with van der Waals surface area (Å²) in [5, 5.41) is 7.43. The fourth-order valence-corrected chi connectivity index (χ4v) is 4.04. The van der Waals surface area contributed by atoms with Gasteiger partial charge in [0.05, 0.1) is 22.9 Å². The molecule has 4 rings (SSSR count). The third kappa shape index (κ3) is 3.71. The van der Waals surface area contributed by atoms with Crippen LogP contribution in [0.2, 0.25) is 0 Å². The SMILES string of the molecule is Cc1csc(CC(=O)N/N=C\c2ccc(-c3nc4ccccc4s3)o2)n1. The molecule has 0 fully saturated rings. The average molecular weight is 382 g/mol. The van der Waals surface area contributed by atoms with Crippen LogP contribution >= 0.6 is 22.7 Å². The largest absolute Gasteiger partial charge is 0.453 e. The molecule has 4 aromatic rings.